The third kappa shape index (κ3) is 3.09. The SMILES string of the molecule is FC(F)Oc1ccnc(-c2cc(Cl)ccc2Cl)c1. The first-order valence-corrected chi connectivity index (χ1v) is 5.68. The average Bonchev–Trinajstić information content (AvgIpc) is 2.32. The predicted octanol–water partition coefficient (Wildman–Crippen LogP) is 4.66. The smallest absolute Gasteiger partial charge is 0.387 e. The van der Waals surface area contributed by atoms with Crippen molar-refractivity contribution in [3.05, 3.63) is 46.6 Å². The normalized spacial score (nSPS) is 10.7. The van der Waals surface area contributed by atoms with Crippen LogP contribution in [0.25, 0.3) is 11.3 Å². The van der Waals surface area contributed by atoms with Crippen molar-refractivity contribution in [2.45, 2.75) is 6.61 Å². The molecular formula is C12H7Cl2F2NO. The Labute approximate surface area is 112 Å². The number of nitrogens with zero attached hydrogens (tertiary/aromatic N) is 1. The Morgan fingerprint density at radius 2 is 1.89 bits per heavy atom. The molecule has 2 aromatic rings. The van der Waals surface area contributed by atoms with Gasteiger partial charge in [0.1, 0.15) is 5.75 Å². The summed E-state index contributed by atoms with van der Waals surface area (Å²) in [5.41, 5.74) is 0.976. The van der Waals surface area contributed by atoms with Crippen LogP contribution in [-0.2, 0) is 0 Å². The van der Waals surface area contributed by atoms with Gasteiger partial charge in [0.05, 0.1) is 10.7 Å². The van der Waals surface area contributed by atoms with Crippen molar-refractivity contribution >= 4 is 23.2 Å². The van der Waals surface area contributed by atoms with Crippen LogP contribution < -0.4 is 4.74 Å². The van der Waals surface area contributed by atoms with E-state index in [0.717, 1.165) is 0 Å². The number of pyridine rings is 1. The highest BCUT2D eigenvalue weighted by Gasteiger charge is 2.09. The van der Waals surface area contributed by atoms with Crippen molar-refractivity contribution < 1.29 is 13.5 Å². The molecule has 0 aliphatic carbocycles. The second-order valence-electron chi connectivity index (χ2n) is 3.38. The minimum Gasteiger partial charge on any atom is -0.435 e. The third-order valence-electron chi connectivity index (χ3n) is 2.16. The fourth-order valence-corrected chi connectivity index (χ4v) is 1.81. The van der Waals surface area contributed by atoms with E-state index >= 15 is 0 Å². The zero-order chi connectivity index (χ0) is 13.1. The van der Waals surface area contributed by atoms with E-state index in [4.69, 9.17) is 23.2 Å². The second kappa shape index (κ2) is 5.50. The van der Waals surface area contributed by atoms with Crippen LogP contribution in [0.3, 0.4) is 0 Å². The monoisotopic (exact) mass is 289 g/mol. The first kappa shape index (κ1) is 13.1. The number of alkyl halides is 2. The maximum atomic E-state index is 12.1. The molecule has 0 saturated carbocycles. The van der Waals surface area contributed by atoms with E-state index in [1.54, 1.807) is 18.2 Å². The molecule has 0 bridgehead atoms. The van der Waals surface area contributed by atoms with Crippen LogP contribution in [0.5, 0.6) is 5.75 Å². The van der Waals surface area contributed by atoms with Gasteiger partial charge in [-0.25, -0.2) is 0 Å². The van der Waals surface area contributed by atoms with Crippen LogP contribution in [0.1, 0.15) is 0 Å². The molecule has 0 saturated heterocycles. The van der Waals surface area contributed by atoms with Crippen LogP contribution in [0.2, 0.25) is 10.0 Å². The summed E-state index contributed by atoms with van der Waals surface area (Å²) < 4.78 is 28.5. The molecule has 6 heteroatoms. The van der Waals surface area contributed by atoms with Gasteiger partial charge in [-0.15, -0.1) is 0 Å². The molecule has 1 aromatic heterocycles. The molecule has 1 aromatic carbocycles. The zero-order valence-electron chi connectivity index (χ0n) is 8.91. The highest BCUT2D eigenvalue weighted by Crippen LogP contribution is 2.31. The lowest BCUT2D eigenvalue weighted by atomic mass is 10.1. The molecule has 2 rings (SSSR count). The van der Waals surface area contributed by atoms with E-state index in [1.165, 1.54) is 18.3 Å². The number of halogens is 4. The highest BCUT2D eigenvalue weighted by molar-refractivity contribution is 6.35. The first-order chi connectivity index (χ1) is 8.56. The minimum absolute atomic E-state index is 0.0195. The number of benzene rings is 1. The van der Waals surface area contributed by atoms with Gasteiger partial charge in [0.15, 0.2) is 0 Å². The molecule has 0 radical (unpaired) electrons. The Morgan fingerprint density at radius 3 is 2.61 bits per heavy atom. The highest BCUT2D eigenvalue weighted by atomic mass is 35.5. The Kier molecular flexibility index (Phi) is 3.99. The minimum atomic E-state index is -2.88. The maximum absolute atomic E-state index is 12.1. The van der Waals surface area contributed by atoms with Crippen LogP contribution >= 0.6 is 23.2 Å². The number of hydrogen-bond acceptors (Lipinski definition) is 2. The van der Waals surface area contributed by atoms with E-state index in [2.05, 4.69) is 9.72 Å². The lowest BCUT2D eigenvalue weighted by Gasteiger charge is -2.07. The maximum Gasteiger partial charge on any atom is 0.387 e. The van der Waals surface area contributed by atoms with Crippen molar-refractivity contribution in [3.63, 3.8) is 0 Å². The average molecular weight is 290 g/mol. The molecule has 18 heavy (non-hydrogen) atoms. The lowest BCUT2D eigenvalue weighted by Crippen LogP contribution is -2.02. The predicted molar refractivity (Wildman–Crippen MR) is 66.3 cm³/mol. The molecule has 0 spiro atoms. The summed E-state index contributed by atoms with van der Waals surface area (Å²) in [5.74, 6) is 0.0195. The Bertz CT molecular complexity index is 564. The van der Waals surface area contributed by atoms with Crippen molar-refractivity contribution in [3.8, 4) is 17.0 Å². The standard InChI is InChI=1S/C12H7Cl2F2NO/c13-7-1-2-10(14)9(5-7)11-6-8(3-4-17-11)18-12(15)16/h1-6,12H. The Hall–Kier alpha value is -1.39. The first-order valence-electron chi connectivity index (χ1n) is 4.92. The number of ether oxygens (including phenoxy) is 1. The van der Waals surface area contributed by atoms with Gasteiger partial charge in [-0.2, -0.15) is 8.78 Å². The molecule has 0 N–H and O–H groups in total. The number of aromatic nitrogens is 1. The van der Waals surface area contributed by atoms with Gasteiger partial charge in [-0.1, -0.05) is 23.2 Å². The zero-order valence-corrected chi connectivity index (χ0v) is 10.4. The molecule has 0 aliphatic heterocycles. The molecule has 0 amide bonds. The van der Waals surface area contributed by atoms with Crippen molar-refractivity contribution in [1.82, 2.24) is 4.98 Å². The molecule has 0 aliphatic rings. The van der Waals surface area contributed by atoms with Gasteiger partial charge in [-0.3, -0.25) is 4.98 Å². The van der Waals surface area contributed by atoms with E-state index in [-0.39, 0.29) is 5.75 Å². The van der Waals surface area contributed by atoms with Crippen LogP contribution in [0.4, 0.5) is 8.78 Å². The lowest BCUT2D eigenvalue weighted by molar-refractivity contribution is -0.0498. The molecule has 1 heterocycles. The van der Waals surface area contributed by atoms with Gasteiger partial charge in [0, 0.05) is 22.8 Å². The summed E-state index contributed by atoms with van der Waals surface area (Å²) in [6.45, 7) is -2.88. The Morgan fingerprint density at radius 1 is 1.11 bits per heavy atom. The third-order valence-corrected chi connectivity index (χ3v) is 2.73. The molecule has 94 valence electrons. The van der Waals surface area contributed by atoms with Crippen molar-refractivity contribution in [2.75, 3.05) is 0 Å². The van der Waals surface area contributed by atoms with Gasteiger partial charge < -0.3 is 4.74 Å². The summed E-state index contributed by atoms with van der Waals surface area (Å²) >= 11 is 11.9. The Balaban J connectivity index is 2.41. The number of rotatable bonds is 3. The molecule has 0 fully saturated rings. The topological polar surface area (TPSA) is 22.1 Å². The fraction of sp³-hybridized carbons (Fsp3) is 0.0833. The molecule has 0 atom stereocenters. The van der Waals surface area contributed by atoms with Gasteiger partial charge >= 0.3 is 6.61 Å². The van der Waals surface area contributed by atoms with Crippen LogP contribution in [0.15, 0.2) is 36.5 Å². The molecule has 2 nitrogen and oxygen atoms in total. The second-order valence-corrected chi connectivity index (χ2v) is 4.22. The van der Waals surface area contributed by atoms with Crippen molar-refractivity contribution in [1.29, 1.82) is 0 Å². The summed E-state index contributed by atoms with van der Waals surface area (Å²) in [7, 11) is 0. The quantitative estimate of drug-likeness (QED) is 0.820. The van der Waals surface area contributed by atoms with Gasteiger partial charge in [0.2, 0.25) is 0 Å². The van der Waals surface area contributed by atoms with Gasteiger partial charge in [-0.05, 0) is 24.3 Å². The summed E-state index contributed by atoms with van der Waals surface area (Å²) in [6.07, 6.45) is 1.37. The summed E-state index contributed by atoms with van der Waals surface area (Å²) in [5, 5.41) is 0.914. The van der Waals surface area contributed by atoms with Crippen LogP contribution in [0, 0.1) is 0 Å². The van der Waals surface area contributed by atoms with E-state index in [1.807, 2.05) is 0 Å². The van der Waals surface area contributed by atoms with Gasteiger partial charge in [0.25, 0.3) is 0 Å². The van der Waals surface area contributed by atoms with E-state index in [0.29, 0.717) is 21.3 Å². The summed E-state index contributed by atoms with van der Waals surface area (Å²) in [6, 6.07) is 7.57. The fourth-order valence-electron chi connectivity index (χ4n) is 1.43. The molecule has 0 unspecified atom stereocenters. The molecular weight excluding hydrogens is 283 g/mol. The van der Waals surface area contributed by atoms with E-state index < -0.39 is 6.61 Å². The number of hydrogen-bond donors (Lipinski definition) is 0. The van der Waals surface area contributed by atoms with E-state index in [9.17, 15) is 8.78 Å². The van der Waals surface area contributed by atoms with Crippen molar-refractivity contribution in [2.24, 2.45) is 0 Å². The summed E-state index contributed by atoms with van der Waals surface area (Å²) in [4.78, 5) is 4.05. The largest absolute Gasteiger partial charge is 0.435 e. The van der Waals surface area contributed by atoms with Crippen LogP contribution in [-0.4, -0.2) is 11.6 Å².